The van der Waals surface area contributed by atoms with E-state index in [0.717, 1.165) is 9.46 Å². The lowest BCUT2D eigenvalue weighted by Gasteiger charge is -2.14. The van der Waals surface area contributed by atoms with Gasteiger partial charge in [-0.2, -0.15) is 0 Å². The third kappa shape index (κ3) is 2.87. The fourth-order valence-electron chi connectivity index (χ4n) is 3.02. The number of benzene rings is 2. The van der Waals surface area contributed by atoms with E-state index in [4.69, 9.17) is 0 Å². The molecule has 6 nitrogen and oxygen atoms in total. The minimum Gasteiger partial charge on any atom is -0.339 e. The number of nitrogens with zero attached hydrogens (tertiary/aromatic N) is 3. The third-order valence-corrected chi connectivity index (χ3v) is 5.11. The van der Waals surface area contributed by atoms with Crippen LogP contribution in [0.4, 0.5) is 4.39 Å². The molecule has 0 spiro atoms. The van der Waals surface area contributed by atoms with Crippen LogP contribution in [0.2, 0.25) is 0 Å². The fourth-order valence-corrected chi connectivity index (χ4v) is 3.60. The maximum absolute atomic E-state index is 14.1. The molecular weight excluding hydrogens is 367 g/mol. The van der Waals surface area contributed by atoms with E-state index in [-0.39, 0.29) is 23.3 Å². The molecule has 4 rings (SSSR count). The van der Waals surface area contributed by atoms with E-state index in [9.17, 15) is 14.0 Å². The minimum absolute atomic E-state index is 0.166. The standard InChI is InChI=1S/C19H15FN4O2S/c1-27-15-9-5-4-8-14(15)24-17-16(21-11-22-17)18(25)23(19(24)26)10-12-6-2-3-7-13(12)20/h2-9,11H,10H2,1H3,(H,21,22). The second-order valence-electron chi connectivity index (χ2n) is 5.87. The first-order valence-electron chi connectivity index (χ1n) is 8.17. The number of halogens is 1. The molecule has 2 aromatic carbocycles. The highest BCUT2D eigenvalue weighted by atomic mass is 32.2. The van der Waals surface area contributed by atoms with Crippen LogP contribution < -0.4 is 11.2 Å². The van der Waals surface area contributed by atoms with Gasteiger partial charge in [-0.15, -0.1) is 11.8 Å². The smallest absolute Gasteiger partial charge is 0.337 e. The zero-order valence-corrected chi connectivity index (χ0v) is 15.2. The van der Waals surface area contributed by atoms with E-state index >= 15 is 0 Å². The highest BCUT2D eigenvalue weighted by Gasteiger charge is 2.19. The minimum atomic E-state index is -0.565. The van der Waals surface area contributed by atoms with Crippen LogP contribution >= 0.6 is 11.8 Å². The highest BCUT2D eigenvalue weighted by Crippen LogP contribution is 2.24. The lowest BCUT2D eigenvalue weighted by atomic mass is 10.2. The largest absolute Gasteiger partial charge is 0.339 e. The summed E-state index contributed by atoms with van der Waals surface area (Å²) in [5, 5.41) is 0. The van der Waals surface area contributed by atoms with Crippen LogP contribution in [0.15, 0.2) is 69.3 Å². The molecule has 0 saturated heterocycles. The number of imidazole rings is 1. The Hall–Kier alpha value is -3.13. The van der Waals surface area contributed by atoms with Crippen molar-refractivity contribution in [1.82, 2.24) is 19.1 Å². The van der Waals surface area contributed by atoms with Gasteiger partial charge in [0.1, 0.15) is 11.3 Å². The second kappa shape index (κ2) is 6.88. The average molecular weight is 382 g/mol. The summed E-state index contributed by atoms with van der Waals surface area (Å²) < 4.78 is 16.5. The summed E-state index contributed by atoms with van der Waals surface area (Å²) in [5.41, 5.74) is 0.228. The van der Waals surface area contributed by atoms with Gasteiger partial charge in [0.15, 0.2) is 5.65 Å². The van der Waals surface area contributed by atoms with E-state index in [0.29, 0.717) is 5.69 Å². The fraction of sp³-hybridized carbons (Fsp3) is 0.105. The molecule has 0 unspecified atom stereocenters. The van der Waals surface area contributed by atoms with Gasteiger partial charge in [-0.05, 0) is 24.5 Å². The number of hydrogen-bond acceptors (Lipinski definition) is 4. The summed E-state index contributed by atoms with van der Waals surface area (Å²) in [7, 11) is 0. The van der Waals surface area contributed by atoms with Gasteiger partial charge in [0.2, 0.25) is 0 Å². The number of aromatic amines is 1. The molecule has 0 fully saturated rings. The van der Waals surface area contributed by atoms with E-state index in [2.05, 4.69) is 9.97 Å². The summed E-state index contributed by atoms with van der Waals surface area (Å²) in [4.78, 5) is 33.9. The quantitative estimate of drug-likeness (QED) is 0.551. The number of H-pyrrole nitrogens is 1. The van der Waals surface area contributed by atoms with Crippen molar-refractivity contribution < 1.29 is 4.39 Å². The van der Waals surface area contributed by atoms with E-state index in [1.54, 1.807) is 24.3 Å². The van der Waals surface area contributed by atoms with Crippen molar-refractivity contribution in [2.24, 2.45) is 0 Å². The van der Waals surface area contributed by atoms with E-state index < -0.39 is 17.1 Å². The zero-order chi connectivity index (χ0) is 19.0. The van der Waals surface area contributed by atoms with Crippen LogP contribution in [0.5, 0.6) is 0 Å². The molecule has 0 aliphatic heterocycles. The summed E-state index contributed by atoms with van der Waals surface area (Å²) in [6.45, 7) is -0.166. The van der Waals surface area contributed by atoms with Gasteiger partial charge in [0.05, 0.1) is 18.6 Å². The van der Waals surface area contributed by atoms with Crippen molar-refractivity contribution in [3.8, 4) is 5.69 Å². The number of para-hydroxylation sites is 1. The maximum Gasteiger partial charge on any atom is 0.337 e. The monoisotopic (exact) mass is 382 g/mol. The molecule has 136 valence electrons. The molecule has 0 aliphatic carbocycles. The Kier molecular flexibility index (Phi) is 4.41. The van der Waals surface area contributed by atoms with Crippen molar-refractivity contribution in [3.05, 3.63) is 87.1 Å². The molecule has 2 aromatic heterocycles. The van der Waals surface area contributed by atoms with Crippen LogP contribution in [0.25, 0.3) is 16.9 Å². The van der Waals surface area contributed by atoms with Crippen LogP contribution in [0, 0.1) is 5.82 Å². The van der Waals surface area contributed by atoms with Gasteiger partial charge >= 0.3 is 5.69 Å². The Morgan fingerprint density at radius 1 is 1.11 bits per heavy atom. The predicted molar refractivity (Wildman–Crippen MR) is 103 cm³/mol. The molecule has 4 aromatic rings. The first-order valence-corrected chi connectivity index (χ1v) is 9.40. The van der Waals surface area contributed by atoms with Gasteiger partial charge in [0.25, 0.3) is 5.56 Å². The Morgan fingerprint density at radius 2 is 1.85 bits per heavy atom. The van der Waals surface area contributed by atoms with Crippen molar-refractivity contribution in [3.63, 3.8) is 0 Å². The molecule has 8 heteroatoms. The molecule has 0 radical (unpaired) electrons. The second-order valence-corrected chi connectivity index (χ2v) is 6.72. The summed E-state index contributed by atoms with van der Waals surface area (Å²) >= 11 is 1.48. The van der Waals surface area contributed by atoms with Crippen molar-refractivity contribution in [2.45, 2.75) is 11.4 Å². The van der Waals surface area contributed by atoms with Crippen molar-refractivity contribution in [2.75, 3.05) is 6.26 Å². The molecule has 2 heterocycles. The van der Waals surface area contributed by atoms with E-state index in [1.807, 2.05) is 24.5 Å². The lowest BCUT2D eigenvalue weighted by Crippen LogP contribution is -2.40. The topological polar surface area (TPSA) is 72.7 Å². The van der Waals surface area contributed by atoms with Crippen LogP contribution in [0.3, 0.4) is 0 Å². The summed E-state index contributed by atoms with van der Waals surface area (Å²) in [5.74, 6) is -0.468. The highest BCUT2D eigenvalue weighted by molar-refractivity contribution is 7.98. The van der Waals surface area contributed by atoms with Crippen molar-refractivity contribution >= 4 is 22.9 Å². The van der Waals surface area contributed by atoms with E-state index in [1.165, 1.54) is 28.7 Å². The first kappa shape index (κ1) is 17.3. The van der Waals surface area contributed by atoms with Crippen molar-refractivity contribution in [1.29, 1.82) is 0 Å². The van der Waals surface area contributed by atoms with Crippen LogP contribution in [0.1, 0.15) is 5.56 Å². The zero-order valence-electron chi connectivity index (χ0n) is 14.3. The molecule has 1 N–H and O–H groups in total. The predicted octanol–water partition coefficient (Wildman–Crippen LogP) is 2.78. The molecule has 0 bridgehead atoms. The Bertz CT molecular complexity index is 1260. The number of fused-ring (bicyclic) bond motifs is 1. The maximum atomic E-state index is 14.1. The number of aromatic nitrogens is 4. The summed E-state index contributed by atoms with van der Waals surface area (Å²) in [6.07, 6.45) is 3.28. The summed E-state index contributed by atoms with van der Waals surface area (Å²) in [6, 6.07) is 13.4. The normalized spacial score (nSPS) is 11.2. The molecule has 0 saturated carbocycles. The van der Waals surface area contributed by atoms with Gasteiger partial charge in [-0.1, -0.05) is 30.3 Å². The number of nitrogens with one attached hydrogen (secondary N) is 1. The average Bonchev–Trinajstić information content (AvgIpc) is 3.16. The first-order chi connectivity index (χ1) is 13.1. The lowest BCUT2D eigenvalue weighted by molar-refractivity contribution is 0.586. The molecule has 27 heavy (non-hydrogen) atoms. The Balaban J connectivity index is 2.03. The molecule has 0 atom stereocenters. The number of hydrogen-bond donors (Lipinski definition) is 1. The Morgan fingerprint density at radius 3 is 2.63 bits per heavy atom. The van der Waals surface area contributed by atoms with Gasteiger partial charge in [-0.3, -0.25) is 9.36 Å². The van der Waals surface area contributed by atoms with Crippen LogP contribution in [-0.2, 0) is 6.54 Å². The SMILES string of the molecule is CSc1ccccc1-n1c(=O)n(Cc2ccccc2F)c(=O)c2[nH]cnc21. The molecular formula is C19H15FN4O2S. The molecule has 0 amide bonds. The molecule has 0 aliphatic rings. The van der Waals surface area contributed by atoms with Gasteiger partial charge in [-0.25, -0.2) is 18.7 Å². The number of rotatable bonds is 4. The number of thioether (sulfide) groups is 1. The Labute approximate surface area is 157 Å². The van der Waals surface area contributed by atoms with Crippen LogP contribution in [-0.4, -0.2) is 25.4 Å². The van der Waals surface area contributed by atoms with Gasteiger partial charge < -0.3 is 4.98 Å². The van der Waals surface area contributed by atoms with Gasteiger partial charge in [0, 0.05) is 10.5 Å². The third-order valence-electron chi connectivity index (χ3n) is 4.32.